The van der Waals surface area contributed by atoms with E-state index < -0.39 is 10.0 Å². The van der Waals surface area contributed by atoms with Crippen LogP contribution in [0.2, 0.25) is 0 Å². The van der Waals surface area contributed by atoms with Crippen LogP contribution in [0.4, 0.5) is 34.5 Å². The van der Waals surface area contributed by atoms with E-state index in [0.29, 0.717) is 49.8 Å². The largest absolute Gasteiger partial charge is 0.494 e. The number of sulfonamides is 1. The highest BCUT2D eigenvalue weighted by molar-refractivity contribution is 9.10. The highest BCUT2D eigenvalue weighted by Crippen LogP contribution is 2.44. The molecule has 4 aromatic rings. The zero-order valence-corrected chi connectivity index (χ0v) is 26.1. The first-order valence-electron chi connectivity index (χ1n) is 13.4. The van der Waals surface area contributed by atoms with Crippen molar-refractivity contribution >= 4 is 71.5 Å². The van der Waals surface area contributed by atoms with Crippen LogP contribution in [0.25, 0.3) is 11.0 Å². The first kappa shape index (κ1) is 28.4. The molecule has 0 amide bonds. The highest BCUT2D eigenvalue weighted by Gasteiger charge is 2.49. The molecule has 2 aliphatic heterocycles. The molecule has 2 fully saturated rings. The van der Waals surface area contributed by atoms with Crippen LogP contribution in [0.5, 0.6) is 5.75 Å². The minimum atomic E-state index is -3.60. The average molecular weight is 656 g/mol. The van der Waals surface area contributed by atoms with Crippen molar-refractivity contribution in [1.29, 1.82) is 0 Å². The number of anilines is 6. The van der Waals surface area contributed by atoms with E-state index in [2.05, 4.69) is 65.5 Å². The number of methoxy groups -OCH3 is 1. The van der Waals surface area contributed by atoms with Gasteiger partial charge in [-0.1, -0.05) is 6.92 Å². The molecule has 220 valence electrons. The Morgan fingerprint density at radius 2 is 1.88 bits per heavy atom. The quantitative estimate of drug-likeness (QED) is 0.265. The molecule has 6 rings (SSSR count). The SMILES string of the molecule is CCc1cc(Nc2ncc(Br)c(Nc3ccc4nccnc4c3N(C)S(C)(=O)=O)n2)c(OC)cc1N1CC2(COC2)C1. The molecule has 1 spiro atoms. The predicted molar refractivity (Wildman–Crippen MR) is 167 cm³/mol. The monoisotopic (exact) mass is 654 g/mol. The van der Waals surface area contributed by atoms with E-state index in [1.807, 2.05) is 0 Å². The van der Waals surface area contributed by atoms with Gasteiger partial charge in [-0.3, -0.25) is 14.3 Å². The molecule has 12 nitrogen and oxygen atoms in total. The molecule has 2 aromatic heterocycles. The number of aromatic nitrogens is 4. The summed E-state index contributed by atoms with van der Waals surface area (Å²) in [5.41, 5.74) is 5.25. The van der Waals surface area contributed by atoms with E-state index in [1.165, 1.54) is 28.8 Å². The summed E-state index contributed by atoms with van der Waals surface area (Å²) in [6.45, 7) is 5.76. The van der Waals surface area contributed by atoms with Crippen molar-refractivity contribution in [2.75, 3.05) is 66.6 Å². The van der Waals surface area contributed by atoms with Crippen molar-refractivity contribution in [2.24, 2.45) is 5.41 Å². The Hall–Kier alpha value is -3.75. The number of aryl methyl sites for hydroxylation is 1. The second kappa shape index (κ2) is 10.8. The van der Waals surface area contributed by atoms with Gasteiger partial charge in [0.25, 0.3) is 0 Å². The van der Waals surface area contributed by atoms with Crippen molar-refractivity contribution < 1.29 is 17.9 Å². The minimum Gasteiger partial charge on any atom is -0.494 e. The minimum absolute atomic E-state index is 0.303. The third-order valence-corrected chi connectivity index (χ3v) is 9.42. The fourth-order valence-corrected chi connectivity index (χ4v) is 6.14. The van der Waals surface area contributed by atoms with Crippen LogP contribution in [0, 0.1) is 5.41 Å². The number of nitrogens with zero attached hydrogens (tertiary/aromatic N) is 6. The summed E-state index contributed by atoms with van der Waals surface area (Å²) >= 11 is 3.52. The summed E-state index contributed by atoms with van der Waals surface area (Å²) in [6, 6.07) is 7.67. The van der Waals surface area contributed by atoms with Gasteiger partial charge >= 0.3 is 0 Å². The maximum absolute atomic E-state index is 12.5. The fourth-order valence-electron chi connectivity index (χ4n) is 5.34. The number of hydrogen-bond acceptors (Lipinski definition) is 11. The second-order valence-electron chi connectivity index (χ2n) is 10.6. The van der Waals surface area contributed by atoms with E-state index >= 15 is 0 Å². The van der Waals surface area contributed by atoms with E-state index in [4.69, 9.17) is 14.5 Å². The topological polar surface area (TPSA) is 135 Å². The van der Waals surface area contributed by atoms with Gasteiger partial charge in [0.15, 0.2) is 0 Å². The molecule has 0 aliphatic carbocycles. The molecule has 0 atom stereocenters. The lowest BCUT2D eigenvalue weighted by molar-refractivity contribution is -0.127. The number of rotatable bonds is 9. The van der Waals surface area contributed by atoms with Gasteiger partial charge in [0.05, 0.1) is 53.4 Å². The van der Waals surface area contributed by atoms with Crippen LogP contribution in [0.1, 0.15) is 12.5 Å². The highest BCUT2D eigenvalue weighted by atomic mass is 79.9. The molecule has 0 radical (unpaired) electrons. The fraction of sp³-hybridized carbons (Fsp3) is 0.357. The second-order valence-corrected chi connectivity index (χ2v) is 13.5. The Bertz CT molecular complexity index is 1780. The van der Waals surface area contributed by atoms with Crippen molar-refractivity contribution in [3.8, 4) is 5.75 Å². The maximum atomic E-state index is 12.5. The van der Waals surface area contributed by atoms with Gasteiger partial charge in [0.1, 0.15) is 22.8 Å². The van der Waals surface area contributed by atoms with Gasteiger partial charge in [-0.25, -0.2) is 13.4 Å². The van der Waals surface area contributed by atoms with Crippen molar-refractivity contribution in [3.63, 3.8) is 0 Å². The third kappa shape index (κ3) is 5.18. The molecule has 2 saturated heterocycles. The smallest absolute Gasteiger partial charge is 0.232 e. The van der Waals surface area contributed by atoms with Crippen molar-refractivity contribution in [1.82, 2.24) is 19.9 Å². The Kier molecular flexibility index (Phi) is 7.31. The van der Waals surface area contributed by atoms with Crippen LogP contribution in [0.15, 0.2) is 47.3 Å². The Morgan fingerprint density at radius 3 is 2.55 bits per heavy atom. The summed E-state index contributed by atoms with van der Waals surface area (Å²) in [6.07, 6.45) is 6.70. The molecule has 42 heavy (non-hydrogen) atoms. The third-order valence-electron chi connectivity index (χ3n) is 7.66. The molecule has 4 heterocycles. The maximum Gasteiger partial charge on any atom is 0.232 e. The van der Waals surface area contributed by atoms with Crippen LogP contribution in [0.3, 0.4) is 0 Å². The van der Waals surface area contributed by atoms with Gasteiger partial charge in [0, 0.05) is 50.5 Å². The molecule has 0 bridgehead atoms. The van der Waals surface area contributed by atoms with E-state index in [1.54, 1.807) is 31.6 Å². The standard InChI is InChI=1S/C28H31BrN8O4S/c1-5-17-10-21(23(40-3)11-22(17)37-13-28(14-37)15-41-16-28)34-27-32-12-18(29)26(35-27)33-20-7-6-19-24(31-9-8-30-19)25(20)36(2)42(4,38)39/h6-12H,5,13-16H2,1-4H3,(H2,32,33,34,35). The number of benzene rings is 2. The molecule has 0 saturated carbocycles. The lowest BCUT2D eigenvalue weighted by Crippen LogP contribution is -2.66. The van der Waals surface area contributed by atoms with Gasteiger partial charge in [-0.2, -0.15) is 4.98 Å². The van der Waals surface area contributed by atoms with Crippen molar-refractivity contribution in [3.05, 3.63) is 52.9 Å². The first-order chi connectivity index (χ1) is 20.1. The molecular formula is C28H31BrN8O4S. The summed E-state index contributed by atoms with van der Waals surface area (Å²) in [7, 11) is -0.479. The predicted octanol–water partition coefficient (Wildman–Crippen LogP) is 4.47. The zero-order chi connectivity index (χ0) is 29.6. The van der Waals surface area contributed by atoms with Gasteiger partial charge in [-0.05, 0) is 46.1 Å². The lowest BCUT2D eigenvalue weighted by atomic mass is 9.77. The van der Waals surface area contributed by atoms with Gasteiger partial charge in [-0.15, -0.1) is 0 Å². The Balaban J connectivity index is 1.31. The van der Waals surface area contributed by atoms with Crippen LogP contribution in [-0.2, 0) is 21.2 Å². The summed E-state index contributed by atoms with van der Waals surface area (Å²) in [5.74, 6) is 1.44. The lowest BCUT2D eigenvalue weighted by Gasteiger charge is -2.56. The molecule has 14 heteroatoms. The van der Waals surface area contributed by atoms with E-state index in [0.717, 1.165) is 44.7 Å². The number of ether oxygens (including phenoxy) is 2. The van der Waals surface area contributed by atoms with Crippen LogP contribution < -0.4 is 24.6 Å². The normalized spacial score (nSPS) is 15.7. The molecular weight excluding hydrogens is 624 g/mol. The average Bonchev–Trinajstić information content (AvgIpc) is 2.92. The summed E-state index contributed by atoms with van der Waals surface area (Å²) in [4.78, 5) is 20.3. The zero-order valence-electron chi connectivity index (χ0n) is 23.7. The van der Waals surface area contributed by atoms with Crippen LogP contribution in [-0.4, -0.2) is 75.1 Å². The van der Waals surface area contributed by atoms with Gasteiger partial charge in [0.2, 0.25) is 16.0 Å². The molecule has 2 aliphatic rings. The van der Waals surface area contributed by atoms with E-state index in [-0.39, 0.29) is 0 Å². The molecule has 2 aromatic carbocycles. The molecule has 2 N–H and O–H groups in total. The first-order valence-corrected chi connectivity index (χ1v) is 16.0. The van der Waals surface area contributed by atoms with Gasteiger partial charge < -0.3 is 25.0 Å². The summed E-state index contributed by atoms with van der Waals surface area (Å²) < 4.78 is 38.0. The number of nitrogens with one attached hydrogen (secondary N) is 2. The summed E-state index contributed by atoms with van der Waals surface area (Å²) in [5, 5.41) is 6.57. The Labute approximate surface area is 252 Å². The number of hydrogen-bond donors (Lipinski definition) is 2. The van der Waals surface area contributed by atoms with Crippen molar-refractivity contribution in [2.45, 2.75) is 13.3 Å². The van der Waals surface area contributed by atoms with E-state index in [9.17, 15) is 8.42 Å². The Morgan fingerprint density at radius 1 is 1.12 bits per heavy atom. The number of halogens is 1. The molecule has 0 unspecified atom stereocenters. The van der Waals surface area contributed by atoms with Crippen LogP contribution >= 0.6 is 15.9 Å². The number of fused-ring (bicyclic) bond motifs is 1.